The summed E-state index contributed by atoms with van der Waals surface area (Å²) in [7, 11) is 0. The van der Waals surface area contributed by atoms with E-state index in [0.29, 0.717) is 11.6 Å². The average molecular weight is 415 g/mol. The van der Waals surface area contributed by atoms with Crippen molar-refractivity contribution in [1.29, 1.82) is 5.26 Å². The van der Waals surface area contributed by atoms with E-state index in [9.17, 15) is 5.26 Å². The van der Waals surface area contributed by atoms with Gasteiger partial charge in [-0.3, -0.25) is 4.68 Å². The fourth-order valence-electron chi connectivity index (χ4n) is 4.31. The molecule has 0 N–H and O–H groups in total. The van der Waals surface area contributed by atoms with Crippen LogP contribution in [0.3, 0.4) is 0 Å². The zero-order valence-electron chi connectivity index (χ0n) is 16.8. The maximum Gasteiger partial charge on any atom is 0.103 e. The first-order chi connectivity index (χ1) is 14.7. The van der Waals surface area contributed by atoms with Crippen molar-refractivity contribution in [3.05, 3.63) is 60.3 Å². The number of rotatable bonds is 4. The molecule has 150 valence electrons. The largest absolute Gasteiger partial charge is 0.266 e. The third-order valence-electron chi connectivity index (χ3n) is 5.83. The van der Waals surface area contributed by atoms with Crippen molar-refractivity contribution in [1.82, 2.24) is 24.4 Å². The number of nitriles is 1. The van der Waals surface area contributed by atoms with Crippen molar-refractivity contribution in [2.45, 2.75) is 55.0 Å². The topological polar surface area (TPSA) is 71.8 Å². The molecule has 0 amide bonds. The van der Waals surface area contributed by atoms with Crippen molar-refractivity contribution < 1.29 is 0 Å². The van der Waals surface area contributed by atoms with Gasteiger partial charge in [0.25, 0.3) is 0 Å². The number of aromatic nitrogens is 5. The van der Waals surface area contributed by atoms with Gasteiger partial charge in [0, 0.05) is 34.1 Å². The van der Waals surface area contributed by atoms with Gasteiger partial charge in [-0.15, -0.1) is 0 Å². The lowest BCUT2D eigenvalue weighted by Crippen LogP contribution is -2.15. The lowest BCUT2D eigenvalue weighted by molar-refractivity contribution is 0.325. The minimum absolute atomic E-state index is 0.494. The lowest BCUT2D eigenvalue weighted by Gasteiger charge is -2.23. The average Bonchev–Trinajstić information content (AvgIpc) is 3.38. The Morgan fingerprint density at radius 2 is 2.00 bits per heavy atom. The van der Waals surface area contributed by atoms with Gasteiger partial charge in [0.2, 0.25) is 0 Å². The van der Waals surface area contributed by atoms with E-state index in [2.05, 4.69) is 33.8 Å². The quantitative estimate of drug-likeness (QED) is 0.445. The van der Waals surface area contributed by atoms with E-state index in [4.69, 9.17) is 5.10 Å². The van der Waals surface area contributed by atoms with Crippen molar-refractivity contribution >= 4 is 17.3 Å². The summed E-state index contributed by atoms with van der Waals surface area (Å²) < 4.78 is 4.00. The van der Waals surface area contributed by atoms with Gasteiger partial charge in [0.15, 0.2) is 0 Å². The highest BCUT2D eigenvalue weighted by Gasteiger charge is 2.21. The second-order valence-electron chi connectivity index (χ2n) is 7.71. The minimum Gasteiger partial charge on any atom is -0.266 e. The number of pyridine rings is 2. The SMILES string of the molecule is Cc1c(-c2cc(Sc3ccccn3)c3c(C#N)cnn3c2)cnn1C1CCCCC1. The van der Waals surface area contributed by atoms with Gasteiger partial charge in [-0.05, 0) is 38.0 Å². The molecule has 0 aliphatic heterocycles. The van der Waals surface area contributed by atoms with E-state index in [1.165, 1.54) is 37.8 Å². The number of hydrogen-bond acceptors (Lipinski definition) is 5. The highest BCUT2D eigenvalue weighted by molar-refractivity contribution is 7.99. The maximum atomic E-state index is 9.55. The van der Waals surface area contributed by atoms with E-state index in [0.717, 1.165) is 26.6 Å². The molecule has 4 heterocycles. The van der Waals surface area contributed by atoms with Crippen LogP contribution >= 0.6 is 11.8 Å². The van der Waals surface area contributed by atoms with Crippen molar-refractivity contribution in [2.75, 3.05) is 0 Å². The molecule has 0 radical (unpaired) electrons. The highest BCUT2D eigenvalue weighted by atomic mass is 32.2. The fraction of sp³-hybridized carbons (Fsp3) is 0.304. The van der Waals surface area contributed by atoms with Gasteiger partial charge >= 0.3 is 0 Å². The summed E-state index contributed by atoms with van der Waals surface area (Å²) in [5.74, 6) is 0. The monoisotopic (exact) mass is 414 g/mol. The predicted octanol–water partition coefficient (Wildman–Crippen LogP) is 5.43. The Bertz CT molecular complexity index is 1230. The fourth-order valence-corrected chi connectivity index (χ4v) is 5.28. The van der Waals surface area contributed by atoms with Crippen LogP contribution in [0.15, 0.2) is 59.0 Å². The Balaban J connectivity index is 1.60. The minimum atomic E-state index is 0.494. The first-order valence-electron chi connectivity index (χ1n) is 10.3. The van der Waals surface area contributed by atoms with Gasteiger partial charge in [-0.1, -0.05) is 37.1 Å². The van der Waals surface area contributed by atoms with E-state index >= 15 is 0 Å². The zero-order chi connectivity index (χ0) is 20.5. The summed E-state index contributed by atoms with van der Waals surface area (Å²) in [4.78, 5) is 5.40. The molecule has 1 aliphatic rings. The van der Waals surface area contributed by atoms with Crippen LogP contribution in [0.1, 0.15) is 49.4 Å². The molecule has 4 aromatic rings. The first kappa shape index (κ1) is 18.9. The van der Waals surface area contributed by atoms with E-state index in [-0.39, 0.29) is 0 Å². The maximum absolute atomic E-state index is 9.55. The van der Waals surface area contributed by atoms with Crippen LogP contribution in [0.2, 0.25) is 0 Å². The molecule has 0 bridgehead atoms. The molecular formula is C23H22N6S. The van der Waals surface area contributed by atoms with Gasteiger partial charge < -0.3 is 0 Å². The highest BCUT2D eigenvalue weighted by Crippen LogP contribution is 2.37. The number of nitrogens with zero attached hydrogens (tertiary/aromatic N) is 6. The van der Waals surface area contributed by atoms with E-state index in [1.807, 2.05) is 30.6 Å². The zero-order valence-corrected chi connectivity index (χ0v) is 17.6. The van der Waals surface area contributed by atoms with Crippen molar-refractivity contribution in [3.8, 4) is 17.2 Å². The number of fused-ring (bicyclic) bond motifs is 1. The van der Waals surface area contributed by atoms with Crippen LogP contribution in [-0.2, 0) is 0 Å². The molecule has 0 saturated heterocycles. The summed E-state index contributed by atoms with van der Waals surface area (Å²) in [5.41, 5.74) is 4.72. The lowest BCUT2D eigenvalue weighted by atomic mass is 9.95. The Morgan fingerprint density at radius 1 is 1.13 bits per heavy atom. The van der Waals surface area contributed by atoms with Crippen molar-refractivity contribution in [2.24, 2.45) is 0 Å². The molecule has 5 rings (SSSR count). The van der Waals surface area contributed by atoms with Gasteiger partial charge in [-0.25, -0.2) is 9.50 Å². The van der Waals surface area contributed by atoms with Crippen LogP contribution < -0.4 is 0 Å². The second kappa shape index (κ2) is 7.96. The Hall–Kier alpha value is -3.11. The Labute approximate surface area is 179 Å². The molecule has 1 fully saturated rings. The first-order valence-corrected chi connectivity index (χ1v) is 11.1. The van der Waals surface area contributed by atoms with Crippen LogP contribution in [0, 0.1) is 18.3 Å². The summed E-state index contributed by atoms with van der Waals surface area (Å²) in [6.07, 6.45) is 13.7. The summed E-state index contributed by atoms with van der Waals surface area (Å²) in [6, 6.07) is 10.7. The molecule has 0 spiro atoms. The molecule has 30 heavy (non-hydrogen) atoms. The van der Waals surface area contributed by atoms with Crippen LogP contribution in [0.4, 0.5) is 0 Å². The second-order valence-corrected chi connectivity index (χ2v) is 8.77. The van der Waals surface area contributed by atoms with Gasteiger partial charge in [0.1, 0.15) is 11.1 Å². The third-order valence-corrected chi connectivity index (χ3v) is 6.81. The van der Waals surface area contributed by atoms with Crippen LogP contribution in [0.25, 0.3) is 16.6 Å². The summed E-state index contributed by atoms with van der Waals surface area (Å²) in [6.45, 7) is 2.15. The van der Waals surface area contributed by atoms with Gasteiger partial charge in [-0.2, -0.15) is 15.5 Å². The predicted molar refractivity (Wildman–Crippen MR) is 116 cm³/mol. The molecule has 7 heteroatoms. The smallest absolute Gasteiger partial charge is 0.103 e. The standard InChI is InChI=1S/C23H22N6S/c1-16-20(14-27-29(16)19-7-3-2-4-8-19)17-11-21(30-22-9-5-6-10-25-22)23-18(12-24)13-26-28(23)15-17/h5-6,9-11,13-15,19H,2-4,7-8H2,1H3. The molecule has 6 nitrogen and oxygen atoms in total. The molecule has 1 saturated carbocycles. The van der Waals surface area contributed by atoms with Gasteiger partial charge in [0.05, 0.1) is 29.5 Å². The van der Waals surface area contributed by atoms with Crippen LogP contribution in [-0.4, -0.2) is 24.4 Å². The molecular weight excluding hydrogens is 392 g/mol. The summed E-state index contributed by atoms with van der Waals surface area (Å²) in [5, 5.41) is 19.6. The van der Waals surface area contributed by atoms with Crippen LogP contribution in [0.5, 0.6) is 0 Å². The molecule has 4 aromatic heterocycles. The Morgan fingerprint density at radius 3 is 2.77 bits per heavy atom. The van der Waals surface area contributed by atoms with E-state index in [1.54, 1.807) is 28.7 Å². The molecule has 0 unspecified atom stereocenters. The third kappa shape index (κ3) is 3.37. The molecule has 0 atom stereocenters. The van der Waals surface area contributed by atoms with Crippen molar-refractivity contribution in [3.63, 3.8) is 0 Å². The Kier molecular flexibility index (Phi) is 5.01. The number of hydrogen-bond donors (Lipinski definition) is 0. The normalized spacial score (nSPS) is 14.8. The molecule has 1 aliphatic carbocycles. The summed E-state index contributed by atoms with van der Waals surface area (Å²) >= 11 is 1.55. The molecule has 0 aromatic carbocycles. The van der Waals surface area contributed by atoms with E-state index < -0.39 is 0 Å².